The van der Waals surface area contributed by atoms with E-state index >= 15 is 0 Å². The molecule has 2 aromatic carbocycles. The van der Waals surface area contributed by atoms with Gasteiger partial charge in [0.25, 0.3) is 0 Å². The number of carbonyl (C=O) groups is 3. The van der Waals surface area contributed by atoms with Crippen LogP contribution in [0.3, 0.4) is 0 Å². The number of halogens is 3. The van der Waals surface area contributed by atoms with Gasteiger partial charge in [0.05, 0.1) is 35.1 Å². The molecule has 0 saturated heterocycles. The number of amides is 3. The molecule has 0 bridgehead atoms. The average Bonchev–Trinajstić information content (AvgIpc) is 3.69. The Labute approximate surface area is 205 Å². The molecule has 1 fully saturated rings. The lowest BCUT2D eigenvalue weighted by molar-refractivity contribution is -0.140. The van der Waals surface area contributed by atoms with E-state index in [1.54, 1.807) is 6.92 Å². The van der Waals surface area contributed by atoms with Crippen molar-refractivity contribution in [2.75, 3.05) is 11.5 Å². The molecule has 10 heteroatoms. The van der Waals surface area contributed by atoms with Gasteiger partial charge in [0.2, 0.25) is 5.91 Å². The molecule has 36 heavy (non-hydrogen) atoms. The smallest absolute Gasteiger partial charge is 0.416 e. The molecule has 0 spiro atoms. The Hall–Kier alpha value is -4.13. The maximum absolute atomic E-state index is 13.8. The van der Waals surface area contributed by atoms with E-state index in [1.165, 1.54) is 37.3 Å². The van der Waals surface area contributed by atoms with Gasteiger partial charge in [-0.1, -0.05) is 18.2 Å². The first-order valence-corrected chi connectivity index (χ1v) is 11.3. The molecule has 7 nitrogen and oxygen atoms in total. The zero-order valence-electron chi connectivity index (χ0n) is 19.5. The molecule has 2 aromatic rings. The summed E-state index contributed by atoms with van der Waals surface area (Å²) >= 11 is 0. The first-order valence-electron chi connectivity index (χ1n) is 11.3. The van der Waals surface area contributed by atoms with Crippen molar-refractivity contribution in [3.8, 4) is 6.07 Å². The van der Waals surface area contributed by atoms with Crippen molar-refractivity contribution >= 4 is 23.6 Å². The molecule has 1 aliphatic heterocycles. The van der Waals surface area contributed by atoms with Crippen molar-refractivity contribution in [1.82, 2.24) is 4.90 Å². The highest BCUT2D eigenvalue weighted by Crippen LogP contribution is 2.44. The van der Waals surface area contributed by atoms with E-state index in [4.69, 9.17) is 10.00 Å². The Balaban J connectivity index is 1.95. The van der Waals surface area contributed by atoms with Crippen LogP contribution in [0.1, 0.15) is 49.4 Å². The second kappa shape index (κ2) is 9.49. The molecule has 1 saturated carbocycles. The van der Waals surface area contributed by atoms with E-state index in [-0.39, 0.29) is 23.6 Å². The Kier molecular flexibility index (Phi) is 6.59. The summed E-state index contributed by atoms with van der Waals surface area (Å²) in [4.78, 5) is 42.3. The van der Waals surface area contributed by atoms with Gasteiger partial charge in [-0.15, -0.1) is 0 Å². The van der Waals surface area contributed by atoms with Gasteiger partial charge in [-0.05, 0) is 62.6 Å². The van der Waals surface area contributed by atoms with Crippen LogP contribution < -0.4 is 4.90 Å². The van der Waals surface area contributed by atoms with Crippen LogP contribution in [0.5, 0.6) is 0 Å². The summed E-state index contributed by atoms with van der Waals surface area (Å²) in [5.41, 5.74) is -0.388. The van der Waals surface area contributed by atoms with Crippen LogP contribution in [0.2, 0.25) is 0 Å². The largest absolute Gasteiger partial charge is 0.463 e. The quantitative estimate of drug-likeness (QED) is 0.521. The Morgan fingerprint density at radius 2 is 1.81 bits per heavy atom. The molecule has 1 heterocycles. The van der Waals surface area contributed by atoms with Gasteiger partial charge < -0.3 is 4.74 Å². The third-order valence-electron chi connectivity index (χ3n) is 6.10. The third kappa shape index (κ3) is 4.56. The molecule has 1 atom stereocenters. The van der Waals surface area contributed by atoms with Crippen molar-refractivity contribution in [3.05, 3.63) is 76.5 Å². The van der Waals surface area contributed by atoms with Crippen LogP contribution in [0.25, 0.3) is 0 Å². The fraction of sp³-hybridized carbons (Fsp3) is 0.308. The van der Waals surface area contributed by atoms with Crippen LogP contribution in [0, 0.1) is 17.2 Å². The SMILES string of the molecule is CCOC(=O)C1=C(C)N(c2cccc(C(F)(F)F)c2)C(=O)N(C(=O)C2CC2)C1c1ccc(C#N)cc1. The molecule has 0 aromatic heterocycles. The number of hydrogen-bond donors (Lipinski definition) is 0. The Morgan fingerprint density at radius 1 is 1.14 bits per heavy atom. The standard InChI is InChI=1S/C26H22F3N3O4/c1-3-36-24(34)21-15(2)31(20-6-4-5-19(13-20)26(27,28)29)25(35)32(23(33)18-11-12-18)22(21)17-9-7-16(14-30)8-10-17/h4-10,13,18,22H,3,11-12H2,1-2H3. The second-order valence-electron chi connectivity index (χ2n) is 8.50. The number of hydrogen-bond acceptors (Lipinski definition) is 5. The van der Waals surface area contributed by atoms with E-state index in [0.717, 1.165) is 28.0 Å². The fourth-order valence-corrected chi connectivity index (χ4v) is 4.21. The number of anilines is 1. The van der Waals surface area contributed by atoms with Gasteiger partial charge in [0.15, 0.2) is 0 Å². The number of carbonyl (C=O) groups excluding carboxylic acids is 3. The number of nitrogens with zero attached hydrogens (tertiary/aromatic N) is 3. The average molecular weight is 497 g/mol. The Morgan fingerprint density at radius 3 is 2.36 bits per heavy atom. The molecular weight excluding hydrogens is 475 g/mol. The predicted octanol–water partition coefficient (Wildman–Crippen LogP) is 5.33. The first kappa shape index (κ1) is 25.0. The summed E-state index contributed by atoms with van der Waals surface area (Å²) in [6.07, 6.45) is -3.54. The van der Waals surface area contributed by atoms with E-state index in [1.807, 2.05) is 6.07 Å². The van der Waals surface area contributed by atoms with Crippen molar-refractivity contribution in [2.24, 2.45) is 5.92 Å². The van der Waals surface area contributed by atoms with Crippen LogP contribution >= 0.6 is 0 Å². The summed E-state index contributed by atoms with van der Waals surface area (Å²) in [5, 5.41) is 9.16. The third-order valence-corrected chi connectivity index (χ3v) is 6.10. The molecule has 1 aliphatic carbocycles. The minimum atomic E-state index is -4.66. The molecule has 0 radical (unpaired) electrons. The summed E-state index contributed by atoms with van der Waals surface area (Å²) in [7, 11) is 0. The van der Waals surface area contributed by atoms with Crippen LogP contribution in [-0.2, 0) is 20.5 Å². The van der Waals surface area contributed by atoms with Crippen LogP contribution in [0.15, 0.2) is 59.8 Å². The number of benzene rings is 2. The summed E-state index contributed by atoms with van der Waals surface area (Å²) in [6.45, 7) is 3.03. The van der Waals surface area contributed by atoms with Gasteiger partial charge in [0.1, 0.15) is 6.04 Å². The monoisotopic (exact) mass is 497 g/mol. The fourth-order valence-electron chi connectivity index (χ4n) is 4.21. The van der Waals surface area contributed by atoms with Crippen molar-refractivity contribution < 1.29 is 32.3 Å². The van der Waals surface area contributed by atoms with Crippen molar-refractivity contribution in [2.45, 2.75) is 38.9 Å². The van der Waals surface area contributed by atoms with E-state index < -0.39 is 41.6 Å². The van der Waals surface area contributed by atoms with Crippen LogP contribution in [-0.4, -0.2) is 29.4 Å². The first-order chi connectivity index (χ1) is 17.1. The van der Waals surface area contributed by atoms with Crippen molar-refractivity contribution in [3.63, 3.8) is 0 Å². The second-order valence-corrected chi connectivity index (χ2v) is 8.50. The zero-order valence-corrected chi connectivity index (χ0v) is 19.5. The highest BCUT2D eigenvalue weighted by Gasteiger charge is 2.49. The number of esters is 1. The van der Waals surface area contributed by atoms with Crippen LogP contribution in [0.4, 0.5) is 23.7 Å². The van der Waals surface area contributed by atoms with E-state index in [2.05, 4.69) is 0 Å². The lowest BCUT2D eigenvalue weighted by atomic mass is 9.91. The number of alkyl halides is 3. The van der Waals surface area contributed by atoms with E-state index in [0.29, 0.717) is 24.0 Å². The van der Waals surface area contributed by atoms with Gasteiger partial charge in [-0.2, -0.15) is 18.4 Å². The minimum absolute atomic E-state index is 0.00375. The lowest BCUT2D eigenvalue weighted by Crippen LogP contribution is -2.53. The number of nitriles is 1. The predicted molar refractivity (Wildman–Crippen MR) is 122 cm³/mol. The molecule has 0 N–H and O–H groups in total. The van der Waals surface area contributed by atoms with Gasteiger partial charge >= 0.3 is 18.2 Å². The molecule has 4 rings (SSSR count). The van der Waals surface area contributed by atoms with Crippen molar-refractivity contribution in [1.29, 1.82) is 5.26 Å². The number of imide groups is 1. The molecule has 186 valence electrons. The maximum atomic E-state index is 13.8. The minimum Gasteiger partial charge on any atom is -0.463 e. The van der Waals surface area contributed by atoms with E-state index in [9.17, 15) is 27.6 Å². The molecular formula is C26H22F3N3O4. The maximum Gasteiger partial charge on any atom is 0.416 e. The lowest BCUT2D eigenvalue weighted by Gasteiger charge is -2.41. The number of ether oxygens (including phenoxy) is 1. The summed E-state index contributed by atoms with van der Waals surface area (Å²) in [6, 6.07) is 10.1. The number of rotatable bonds is 5. The van der Waals surface area contributed by atoms with Gasteiger partial charge in [-0.3, -0.25) is 14.6 Å². The molecule has 1 unspecified atom stereocenters. The highest BCUT2D eigenvalue weighted by molar-refractivity contribution is 6.10. The Bertz CT molecular complexity index is 1290. The summed E-state index contributed by atoms with van der Waals surface area (Å²) in [5.74, 6) is -1.76. The number of allylic oxidation sites excluding steroid dienone is 1. The number of urea groups is 1. The van der Waals surface area contributed by atoms with Gasteiger partial charge in [-0.25, -0.2) is 9.59 Å². The normalized spacial score (nSPS) is 18.2. The van der Waals surface area contributed by atoms with Gasteiger partial charge in [0, 0.05) is 11.6 Å². The topological polar surface area (TPSA) is 90.7 Å². The zero-order chi connectivity index (χ0) is 26.2. The highest BCUT2D eigenvalue weighted by atomic mass is 19.4. The molecule has 2 aliphatic rings. The molecule has 3 amide bonds. The summed E-state index contributed by atoms with van der Waals surface area (Å²) < 4.78 is 45.5.